The highest BCUT2D eigenvalue weighted by molar-refractivity contribution is 6.30. The average molecular weight is 298 g/mol. The molecule has 0 bridgehead atoms. The van der Waals surface area contributed by atoms with E-state index in [1.165, 1.54) is 6.42 Å². The summed E-state index contributed by atoms with van der Waals surface area (Å²) in [7, 11) is 1.59. The molecule has 4 nitrogen and oxygen atoms in total. The first-order chi connectivity index (χ1) is 9.61. The Bertz CT molecular complexity index is 472. The second kappa shape index (κ2) is 6.95. The lowest BCUT2D eigenvalue weighted by atomic mass is 10.0. The van der Waals surface area contributed by atoms with E-state index in [0.717, 1.165) is 31.5 Å². The minimum Gasteiger partial charge on any atom is -0.496 e. The molecule has 2 rings (SSSR count). The number of carbonyl (C=O) groups is 1. The number of halogens is 1. The summed E-state index contributed by atoms with van der Waals surface area (Å²) in [5, 5.41) is 10.1. The van der Waals surface area contributed by atoms with Gasteiger partial charge in [-0.2, -0.15) is 0 Å². The van der Waals surface area contributed by atoms with Gasteiger partial charge in [-0.05, 0) is 49.7 Å². The molecule has 1 N–H and O–H groups in total. The third-order valence-corrected chi connectivity index (χ3v) is 4.01. The van der Waals surface area contributed by atoms with Crippen LogP contribution in [0.15, 0.2) is 18.2 Å². The van der Waals surface area contributed by atoms with Crippen molar-refractivity contribution < 1.29 is 14.6 Å². The molecule has 0 unspecified atom stereocenters. The molecular weight excluding hydrogens is 278 g/mol. The van der Waals surface area contributed by atoms with E-state index in [4.69, 9.17) is 16.3 Å². The normalized spacial score (nSPS) is 17.7. The Kier molecular flexibility index (Phi) is 5.26. The highest BCUT2D eigenvalue weighted by Crippen LogP contribution is 2.26. The molecule has 1 aromatic rings. The van der Waals surface area contributed by atoms with Crippen LogP contribution >= 0.6 is 11.6 Å². The number of likely N-dealkylation sites (tertiary alicyclic amines) is 1. The van der Waals surface area contributed by atoms with Crippen LogP contribution in [0.25, 0.3) is 0 Å². The van der Waals surface area contributed by atoms with Crippen molar-refractivity contribution >= 4 is 17.6 Å². The molecule has 0 aromatic heterocycles. The van der Waals surface area contributed by atoms with E-state index in [1.807, 2.05) is 4.90 Å². The second-order valence-electron chi connectivity index (χ2n) is 5.11. The standard InChI is InChI=1S/C15H20ClNO3/c1-20-14-6-5-12(16)9-11(14)10-13(15(18)19)17-7-3-2-4-8-17/h5-6,9,13H,2-4,7-8,10H2,1H3,(H,18,19)/t13-/m0/s1. The smallest absolute Gasteiger partial charge is 0.321 e. The van der Waals surface area contributed by atoms with Crippen molar-refractivity contribution in [3.05, 3.63) is 28.8 Å². The fraction of sp³-hybridized carbons (Fsp3) is 0.533. The van der Waals surface area contributed by atoms with Gasteiger partial charge in [-0.3, -0.25) is 9.69 Å². The Balaban J connectivity index is 2.19. The van der Waals surface area contributed by atoms with Gasteiger partial charge < -0.3 is 9.84 Å². The van der Waals surface area contributed by atoms with E-state index in [-0.39, 0.29) is 0 Å². The second-order valence-corrected chi connectivity index (χ2v) is 5.55. The molecule has 1 aliphatic heterocycles. The number of methoxy groups -OCH3 is 1. The molecule has 1 aliphatic rings. The molecule has 1 aromatic carbocycles. The SMILES string of the molecule is COc1ccc(Cl)cc1C[C@@H](C(=O)O)N1CCCCC1. The van der Waals surface area contributed by atoms with Crippen LogP contribution in [0.5, 0.6) is 5.75 Å². The predicted octanol–water partition coefficient (Wildman–Crippen LogP) is 2.83. The number of benzene rings is 1. The van der Waals surface area contributed by atoms with Gasteiger partial charge in [0.2, 0.25) is 0 Å². The van der Waals surface area contributed by atoms with Crippen LogP contribution in [0.2, 0.25) is 5.02 Å². The molecule has 0 spiro atoms. The fourth-order valence-corrected chi connectivity index (χ4v) is 2.91. The molecule has 0 radical (unpaired) electrons. The molecule has 0 aliphatic carbocycles. The first-order valence-corrected chi connectivity index (χ1v) is 7.29. The van der Waals surface area contributed by atoms with E-state index in [2.05, 4.69) is 0 Å². The highest BCUT2D eigenvalue weighted by Gasteiger charge is 2.28. The van der Waals surface area contributed by atoms with Gasteiger partial charge >= 0.3 is 5.97 Å². The van der Waals surface area contributed by atoms with Crippen molar-refractivity contribution in [2.75, 3.05) is 20.2 Å². The maximum absolute atomic E-state index is 11.6. The molecule has 110 valence electrons. The minimum absolute atomic E-state index is 0.416. The van der Waals surface area contributed by atoms with Gasteiger partial charge in [0.15, 0.2) is 0 Å². The lowest BCUT2D eigenvalue weighted by Gasteiger charge is -2.32. The summed E-state index contributed by atoms with van der Waals surface area (Å²) >= 11 is 6.01. The van der Waals surface area contributed by atoms with Crippen molar-refractivity contribution in [3.8, 4) is 5.75 Å². The summed E-state index contributed by atoms with van der Waals surface area (Å²) in [6.07, 6.45) is 3.73. The van der Waals surface area contributed by atoms with Gasteiger partial charge in [-0.15, -0.1) is 0 Å². The molecular formula is C15H20ClNO3. The van der Waals surface area contributed by atoms with E-state index < -0.39 is 12.0 Å². The Hall–Kier alpha value is -1.26. The third-order valence-electron chi connectivity index (χ3n) is 3.77. The van der Waals surface area contributed by atoms with Crippen LogP contribution in [-0.2, 0) is 11.2 Å². The zero-order valence-electron chi connectivity index (χ0n) is 11.6. The number of piperidine rings is 1. The number of aliphatic carboxylic acids is 1. The van der Waals surface area contributed by atoms with Gasteiger partial charge in [-0.1, -0.05) is 18.0 Å². The summed E-state index contributed by atoms with van der Waals surface area (Å²) < 4.78 is 5.30. The zero-order valence-corrected chi connectivity index (χ0v) is 12.4. The summed E-state index contributed by atoms with van der Waals surface area (Å²) in [4.78, 5) is 13.6. The van der Waals surface area contributed by atoms with Gasteiger partial charge in [0.05, 0.1) is 7.11 Å². The molecule has 1 saturated heterocycles. The van der Waals surface area contributed by atoms with Crippen molar-refractivity contribution in [1.82, 2.24) is 4.90 Å². The van der Waals surface area contributed by atoms with Crippen LogP contribution in [0.1, 0.15) is 24.8 Å². The van der Waals surface area contributed by atoms with E-state index in [9.17, 15) is 9.90 Å². The molecule has 0 amide bonds. The molecule has 1 heterocycles. The fourth-order valence-electron chi connectivity index (χ4n) is 2.72. The molecule has 5 heteroatoms. The van der Waals surface area contributed by atoms with Crippen molar-refractivity contribution in [2.45, 2.75) is 31.7 Å². The van der Waals surface area contributed by atoms with Crippen LogP contribution in [0.4, 0.5) is 0 Å². The van der Waals surface area contributed by atoms with E-state index in [1.54, 1.807) is 25.3 Å². The van der Waals surface area contributed by atoms with Crippen molar-refractivity contribution in [1.29, 1.82) is 0 Å². The zero-order chi connectivity index (χ0) is 14.5. The van der Waals surface area contributed by atoms with Crippen LogP contribution in [0, 0.1) is 0 Å². The summed E-state index contributed by atoms with van der Waals surface area (Å²) in [6, 6.07) is 4.82. The Morgan fingerprint density at radius 2 is 2.10 bits per heavy atom. The lowest BCUT2D eigenvalue weighted by Crippen LogP contribution is -2.45. The number of rotatable bonds is 5. The Morgan fingerprint density at radius 1 is 1.40 bits per heavy atom. The van der Waals surface area contributed by atoms with Gasteiger partial charge in [0.1, 0.15) is 11.8 Å². The number of hydrogen-bond acceptors (Lipinski definition) is 3. The molecule has 1 fully saturated rings. The summed E-state index contributed by atoms with van der Waals surface area (Å²) in [6.45, 7) is 1.69. The van der Waals surface area contributed by atoms with Crippen LogP contribution < -0.4 is 4.74 Å². The first-order valence-electron chi connectivity index (χ1n) is 6.91. The first kappa shape index (κ1) is 15.1. The maximum Gasteiger partial charge on any atom is 0.321 e. The highest BCUT2D eigenvalue weighted by atomic mass is 35.5. The number of ether oxygens (including phenoxy) is 1. The maximum atomic E-state index is 11.6. The topological polar surface area (TPSA) is 49.8 Å². The number of nitrogens with zero attached hydrogens (tertiary/aromatic N) is 1. The number of hydrogen-bond donors (Lipinski definition) is 1. The predicted molar refractivity (Wildman–Crippen MR) is 78.6 cm³/mol. The number of carboxylic acids is 1. The molecule has 1 atom stereocenters. The average Bonchev–Trinajstić information content (AvgIpc) is 2.45. The quantitative estimate of drug-likeness (QED) is 0.908. The monoisotopic (exact) mass is 297 g/mol. The molecule has 0 saturated carbocycles. The van der Waals surface area contributed by atoms with Crippen LogP contribution in [-0.4, -0.2) is 42.2 Å². The third kappa shape index (κ3) is 3.64. The molecule has 20 heavy (non-hydrogen) atoms. The Labute approximate surface area is 124 Å². The van der Waals surface area contributed by atoms with Crippen molar-refractivity contribution in [2.24, 2.45) is 0 Å². The number of carboxylic acid groups (broad SMARTS) is 1. The Morgan fingerprint density at radius 3 is 2.70 bits per heavy atom. The van der Waals surface area contributed by atoms with E-state index in [0.29, 0.717) is 17.2 Å². The van der Waals surface area contributed by atoms with E-state index >= 15 is 0 Å². The minimum atomic E-state index is -0.783. The van der Waals surface area contributed by atoms with Gasteiger partial charge in [0.25, 0.3) is 0 Å². The summed E-state index contributed by atoms with van der Waals surface area (Å²) in [5.41, 5.74) is 0.845. The largest absolute Gasteiger partial charge is 0.496 e. The summed E-state index contributed by atoms with van der Waals surface area (Å²) in [5.74, 6) is -0.0911. The van der Waals surface area contributed by atoms with Gasteiger partial charge in [0, 0.05) is 11.4 Å². The van der Waals surface area contributed by atoms with Crippen molar-refractivity contribution in [3.63, 3.8) is 0 Å². The van der Waals surface area contributed by atoms with Crippen LogP contribution in [0.3, 0.4) is 0 Å². The van der Waals surface area contributed by atoms with Gasteiger partial charge in [-0.25, -0.2) is 0 Å². The lowest BCUT2D eigenvalue weighted by molar-refractivity contribution is -0.143.